The fourth-order valence-electron chi connectivity index (χ4n) is 4.01. The standard InChI is InChI=1S/C13H24N2O4.C9H13N2O3.C9H19NO2.Fm/c1-12(2,3)19-11(17)14-13(10(16)18-5)6-8-15(4)9-7-13;12-4-3-10-9(14)8(11-6-13)5-7-1-2-7;1-5-6-7-10-8(11)12-9(2,3)4;/h6-9H2,1-5H3,(H,14,17);4,7-8H,1-3,5H2,(H,10,14)(H,11,13);5-7H2,1-4H3,(H,10,11);/q;-1;;. The number of aldehydes is 1. The Morgan fingerprint density at radius 2 is 1.52 bits per heavy atom. The van der Waals surface area contributed by atoms with E-state index in [1.54, 1.807) is 20.8 Å². The molecule has 1 saturated heterocycles. The number of nitrogens with one attached hydrogen (secondary N) is 4. The van der Waals surface area contributed by atoms with E-state index in [1.165, 1.54) is 13.5 Å². The smallest absolute Gasteiger partial charge is 0.408 e. The third-order valence-corrected chi connectivity index (χ3v) is 6.53. The van der Waals surface area contributed by atoms with Crippen molar-refractivity contribution in [2.45, 2.75) is 116 Å². The van der Waals surface area contributed by atoms with E-state index < -0.39 is 34.8 Å². The van der Waals surface area contributed by atoms with Gasteiger partial charge in [-0.2, -0.15) is 6.41 Å². The minimum atomic E-state index is -0.969. The maximum absolute atomic E-state index is 12.0. The zero-order valence-corrected chi connectivity index (χ0v) is 31.3. The molecular formula is C31H56FmN5O9-. The molecule has 1 aliphatic carbocycles. The first-order valence-corrected chi connectivity index (χ1v) is 15.5. The van der Waals surface area contributed by atoms with Crippen molar-refractivity contribution < 1.29 is 43.0 Å². The zero-order valence-electron chi connectivity index (χ0n) is 28.9. The van der Waals surface area contributed by atoms with Crippen molar-refractivity contribution in [3.05, 3.63) is 0 Å². The minimum Gasteiger partial charge on any atom is -0.520 e. The molecule has 1 unspecified atom stereocenters. The molecule has 0 aromatic rings. The number of ether oxygens (including phenoxy) is 3. The monoisotopic (exact) mass is 900 g/mol. The van der Waals surface area contributed by atoms with Crippen LogP contribution in [0.3, 0.4) is 0 Å². The van der Waals surface area contributed by atoms with Crippen LogP contribution in [0, 0.1) is 5.92 Å². The number of amides is 4. The summed E-state index contributed by atoms with van der Waals surface area (Å²) in [6.07, 6.45) is 7.19. The van der Waals surface area contributed by atoms with Crippen LogP contribution in [0.5, 0.6) is 0 Å². The van der Waals surface area contributed by atoms with Gasteiger partial charge < -0.3 is 50.0 Å². The summed E-state index contributed by atoms with van der Waals surface area (Å²) in [4.78, 5) is 68.4. The van der Waals surface area contributed by atoms with Crippen LogP contribution in [0.1, 0.15) is 93.4 Å². The second-order valence-corrected chi connectivity index (χ2v) is 13.2. The third kappa shape index (κ3) is 20.5. The summed E-state index contributed by atoms with van der Waals surface area (Å²) in [7, 11) is 3.31. The van der Waals surface area contributed by atoms with E-state index in [-0.39, 0.29) is 18.5 Å². The SMILES string of the molecule is CCCCNC(=O)OC(C)(C)C.COC(=O)C1(NC(=O)OC(C)(C)C)CCN(C)CC1.O=[C-]NC(CC1CC1)C(=O)NCC=O.[Fm]. The molecule has 0 bridgehead atoms. The number of piperidine rings is 1. The molecule has 272 valence electrons. The van der Waals surface area contributed by atoms with Crippen LogP contribution in [0.2, 0.25) is 0 Å². The summed E-state index contributed by atoms with van der Waals surface area (Å²) in [5.74, 6) is -0.193. The molecule has 1 atom stereocenters. The average Bonchev–Trinajstić information content (AvgIpc) is 3.75. The molecule has 0 spiro atoms. The molecular weight excluding hydrogens is 843 g/mol. The molecule has 0 aromatic heterocycles. The first-order chi connectivity index (χ1) is 20.9. The van der Waals surface area contributed by atoms with Crippen LogP contribution in [-0.2, 0) is 33.4 Å². The maximum Gasteiger partial charge on any atom is 0.408 e. The molecule has 2 rings (SSSR count). The molecule has 2 aliphatic rings. The fraction of sp³-hybridized carbons (Fsp3) is 0.806. The third-order valence-electron chi connectivity index (χ3n) is 6.53. The largest absolute Gasteiger partial charge is 0.520 e. The summed E-state index contributed by atoms with van der Waals surface area (Å²) in [5.41, 5.74) is -1.95. The van der Waals surface area contributed by atoms with Crippen LogP contribution < -0.4 is 21.3 Å². The second kappa shape index (κ2) is 21.3. The van der Waals surface area contributed by atoms with Crippen LogP contribution in [0.4, 0.5) is 9.59 Å². The molecule has 4 N–H and O–H groups in total. The van der Waals surface area contributed by atoms with Gasteiger partial charge in [0, 0.05) is 19.6 Å². The van der Waals surface area contributed by atoms with E-state index in [0.29, 0.717) is 38.0 Å². The number of hydrogen-bond acceptors (Lipinski definition) is 10. The van der Waals surface area contributed by atoms with Gasteiger partial charge in [-0.25, -0.2) is 14.4 Å². The van der Waals surface area contributed by atoms with E-state index in [4.69, 9.17) is 14.2 Å². The Bertz CT molecular complexity index is 942. The van der Waals surface area contributed by atoms with E-state index in [9.17, 15) is 28.8 Å². The van der Waals surface area contributed by atoms with Crippen molar-refractivity contribution in [1.29, 1.82) is 0 Å². The van der Waals surface area contributed by atoms with Gasteiger partial charge in [-0.3, -0.25) is 4.79 Å². The zero-order chi connectivity index (χ0) is 34.7. The Kier molecular flexibility index (Phi) is 20.3. The predicted octanol–water partition coefficient (Wildman–Crippen LogP) is 2.59. The molecule has 46 heavy (non-hydrogen) atoms. The Hall–Kier alpha value is -4.42. The van der Waals surface area contributed by atoms with Gasteiger partial charge in [0.15, 0.2) is 0 Å². The molecule has 2 fully saturated rings. The van der Waals surface area contributed by atoms with E-state index in [2.05, 4.69) is 33.1 Å². The van der Waals surface area contributed by atoms with Gasteiger partial charge in [0.25, 0.3) is 0 Å². The molecule has 4 amide bonds. The van der Waals surface area contributed by atoms with Crippen molar-refractivity contribution in [3.63, 3.8) is 0 Å². The maximum atomic E-state index is 12.0. The van der Waals surface area contributed by atoms with Gasteiger partial charge in [-0.15, -0.1) is 0 Å². The van der Waals surface area contributed by atoms with Gasteiger partial charge in [-0.05, 0) is 80.2 Å². The summed E-state index contributed by atoms with van der Waals surface area (Å²) in [5, 5.41) is 10.1. The molecule has 0 radical (unpaired) electrons. The van der Waals surface area contributed by atoms with Gasteiger partial charge in [0.05, 0.1) is 19.7 Å². The van der Waals surface area contributed by atoms with Gasteiger partial charge in [0.2, 0.25) is 5.91 Å². The van der Waals surface area contributed by atoms with Crippen molar-refractivity contribution in [2.24, 2.45) is 5.92 Å². The van der Waals surface area contributed by atoms with Crippen molar-refractivity contribution in [3.8, 4) is 0 Å². The van der Waals surface area contributed by atoms with Gasteiger partial charge >= 0.3 is 18.2 Å². The summed E-state index contributed by atoms with van der Waals surface area (Å²) < 4.78 is 15.1. The topological polar surface area (TPSA) is 181 Å². The number of nitrogens with zero attached hydrogens (tertiary/aromatic N) is 1. The predicted molar refractivity (Wildman–Crippen MR) is 169 cm³/mol. The van der Waals surface area contributed by atoms with Crippen LogP contribution >= 0.6 is 0 Å². The number of esters is 1. The van der Waals surface area contributed by atoms with Crippen molar-refractivity contribution >= 4 is 36.8 Å². The number of rotatable bonds is 12. The molecule has 14 nitrogen and oxygen atoms in total. The normalized spacial score (nSPS) is 16.1. The number of alkyl carbamates (subject to hydrolysis) is 2. The average molecular weight is 900 g/mol. The number of hydrogen-bond donors (Lipinski definition) is 4. The number of carbonyl (C=O) groups excluding carboxylic acids is 6. The number of likely N-dealkylation sites (tertiary alicyclic amines) is 1. The first kappa shape index (κ1) is 43.7. The molecule has 1 saturated carbocycles. The van der Waals surface area contributed by atoms with Crippen LogP contribution in [0.15, 0.2) is 0 Å². The van der Waals surface area contributed by atoms with Crippen LogP contribution in [-0.4, -0.2) is 105 Å². The second-order valence-electron chi connectivity index (χ2n) is 13.2. The van der Waals surface area contributed by atoms with E-state index in [1.807, 2.05) is 27.8 Å². The molecule has 1 aliphatic heterocycles. The Labute approximate surface area is 268 Å². The van der Waals surface area contributed by atoms with Crippen molar-refractivity contribution in [2.75, 3.05) is 40.3 Å². The molecule has 15 heteroatoms. The first-order valence-electron chi connectivity index (χ1n) is 15.5. The summed E-state index contributed by atoms with van der Waals surface area (Å²) in [6.45, 7) is 15.1. The van der Waals surface area contributed by atoms with Gasteiger partial charge in [-0.1, -0.05) is 26.2 Å². The van der Waals surface area contributed by atoms with Crippen molar-refractivity contribution in [1.82, 2.24) is 26.2 Å². The fourth-order valence-corrected chi connectivity index (χ4v) is 4.01. The van der Waals surface area contributed by atoms with Crippen LogP contribution in [0.25, 0.3) is 0 Å². The quantitative estimate of drug-likeness (QED) is 0.0568. The molecule has 0 aromatic carbocycles. The van der Waals surface area contributed by atoms with E-state index >= 15 is 0 Å². The number of methoxy groups -OCH3 is 1. The summed E-state index contributed by atoms with van der Waals surface area (Å²) in [6, 6.07) is -0.542. The number of carbonyl (C=O) groups is 5. The van der Waals surface area contributed by atoms with Gasteiger partial charge in [0.1, 0.15) is 23.0 Å². The number of unbranched alkanes of at least 4 members (excludes halogenated alkanes) is 1. The Morgan fingerprint density at radius 3 is 1.96 bits per heavy atom. The minimum absolute atomic E-state index is 0. The summed E-state index contributed by atoms with van der Waals surface area (Å²) >= 11 is 0. The Morgan fingerprint density at radius 1 is 0.978 bits per heavy atom. The van der Waals surface area contributed by atoms with E-state index in [0.717, 1.165) is 38.8 Å². The molecule has 1 heterocycles. The Balaban J connectivity index is 0.